The van der Waals surface area contributed by atoms with Crippen molar-refractivity contribution >= 4 is 17.5 Å². The summed E-state index contributed by atoms with van der Waals surface area (Å²) in [5, 5.41) is 5.67. The van der Waals surface area contributed by atoms with Crippen molar-refractivity contribution in [3.63, 3.8) is 0 Å². The predicted molar refractivity (Wildman–Crippen MR) is 102 cm³/mol. The number of rotatable bonds is 9. The maximum absolute atomic E-state index is 12.3. The van der Waals surface area contributed by atoms with Crippen LogP contribution in [0.2, 0.25) is 0 Å². The second-order valence-electron chi connectivity index (χ2n) is 6.12. The molecule has 0 aliphatic rings. The molecule has 0 radical (unpaired) electrons. The number of amides is 2. The van der Waals surface area contributed by atoms with Crippen LogP contribution in [0.4, 0.5) is 5.69 Å². The van der Waals surface area contributed by atoms with E-state index in [1.165, 1.54) is 0 Å². The Balaban J connectivity index is 1.91. The summed E-state index contributed by atoms with van der Waals surface area (Å²) >= 11 is 0. The van der Waals surface area contributed by atoms with Crippen LogP contribution in [0.15, 0.2) is 54.6 Å². The van der Waals surface area contributed by atoms with Gasteiger partial charge in [0.1, 0.15) is 5.75 Å². The molecule has 0 saturated carbocycles. The van der Waals surface area contributed by atoms with Gasteiger partial charge in [-0.2, -0.15) is 0 Å². The highest BCUT2D eigenvalue weighted by Gasteiger charge is 2.15. The minimum absolute atomic E-state index is 0.0510. The summed E-state index contributed by atoms with van der Waals surface area (Å²) in [6.45, 7) is 3.11. The highest BCUT2D eigenvalue weighted by Crippen LogP contribution is 2.28. The largest absolute Gasteiger partial charge is 0.455 e. The van der Waals surface area contributed by atoms with Gasteiger partial charge < -0.3 is 20.3 Å². The van der Waals surface area contributed by atoms with Crippen LogP contribution >= 0.6 is 0 Å². The summed E-state index contributed by atoms with van der Waals surface area (Å²) in [6.07, 6.45) is 0.892. The molecule has 138 valence electrons. The zero-order chi connectivity index (χ0) is 18.8. The number of carbonyl (C=O) groups excluding carboxylic acids is 2. The summed E-state index contributed by atoms with van der Waals surface area (Å²) in [5.41, 5.74) is 0.601. The molecule has 3 N–H and O–H groups in total. The lowest BCUT2D eigenvalue weighted by Gasteiger charge is -2.15. The van der Waals surface area contributed by atoms with Crippen molar-refractivity contribution < 1.29 is 19.2 Å². The number of benzene rings is 2. The van der Waals surface area contributed by atoms with Gasteiger partial charge in [0.05, 0.1) is 12.7 Å². The second-order valence-corrected chi connectivity index (χ2v) is 6.12. The lowest BCUT2D eigenvalue weighted by molar-refractivity contribution is -0.862. The molecule has 2 amide bonds. The fourth-order valence-electron chi connectivity index (χ4n) is 2.41. The van der Waals surface area contributed by atoms with E-state index in [4.69, 9.17) is 4.74 Å². The second kappa shape index (κ2) is 10.2. The molecule has 1 atom stereocenters. The summed E-state index contributed by atoms with van der Waals surface area (Å²) in [6, 6.07) is 16.7. The first kappa shape index (κ1) is 19.5. The Hall–Kier alpha value is -2.86. The molecular weight excluding hydrogens is 330 g/mol. The molecule has 2 aromatic rings. The van der Waals surface area contributed by atoms with E-state index in [0.29, 0.717) is 23.7 Å². The molecule has 0 spiro atoms. The molecule has 1 unspecified atom stereocenters. The zero-order valence-corrected chi connectivity index (χ0v) is 15.2. The number of hydrogen-bond acceptors (Lipinski definition) is 3. The van der Waals surface area contributed by atoms with Crippen molar-refractivity contribution in [3.05, 3.63) is 54.6 Å². The molecule has 0 bridgehead atoms. The van der Waals surface area contributed by atoms with Gasteiger partial charge in [0.25, 0.3) is 11.8 Å². The Kier molecular flexibility index (Phi) is 7.64. The van der Waals surface area contributed by atoms with E-state index in [1.807, 2.05) is 56.4 Å². The Morgan fingerprint density at radius 2 is 1.62 bits per heavy atom. The van der Waals surface area contributed by atoms with E-state index in [9.17, 15) is 9.59 Å². The smallest absolute Gasteiger partial charge is 0.279 e. The molecule has 26 heavy (non-hydrogen) atoms. The Morgan fingerprint density at radius 1 is 0.962 bits per heavy atom. The highest BCUT2D eigenvalue weighted by molar-refractivity contribution is 5.93. The molecule has 6 heteroatoms. The number of anilines is 1. The lowest BCUT2D eigenvalue weighted by atomic mass is 10.2. The standard InChI is InChI=1S/C20H25N3O3/c1-3-13-21-19(24)14-23(2)15-20(25)22-17-11-7-8-12-18(17)26-16-9-5-4-6-10-16/h4-12H,3,13-15H2,1-2H3,(H,21,24)(H,22,25)/p+1. The Morgan fingerprint density at radius 3 is 2.35 bits per heavy atom. The number of likely N-dealkylation sites (N-methyl/N-ethyl adjacent to an activating group) is 1. The molecule has 6 nitrogen and oxygen atoms in total. The quantitative estimate of drug-likeness (QED) is 0.637. The van der Waals surface area contributed by atoms with Gasteiger partial charge in [-0.25, -0.2) is 0 Å². The van der Waals surface area contributed by atoms with Gasteiger partial charge in [-0.15, -0.1) is 0 Å². The molecule has 0 aliphatic heterocycles. The first-order chi connectivity index (χ1) is 12.6. The molecule has 0 fully saturated rings. The molecule has 2 aromatic carbocycles. The van der Waals surface area contributed by atoms with E-state index < -0.39 is 0 Å². The van der Waals surface area contributed by atoms with E-state index >= 15 is 0 Å². The van der Waals surface area contributed by atoms with Crippen molar-refractivity contribution in [1.29, 1.82) is 0 Å². The molecule has 0 heterocycles. The van der Waals surface area contributed by atoms with Crippen molar-refractivity contribution in [3.8, 4) is 11.5 Å². The van der Waals surface area contributed by atoms with Crippen LogP contribution in [0, 0.1) is 0 Å². The van der Waals surface area contributed by atoms with Crippen LogP contribution in [0.5, 0.6) is 11.5 Å². The van der Waals surface area contributed by atoms with E-state index in [-0.39, 0.29) is 24.9 Å². The van der Waals surface area contributed by atoms with Crippen LogP contribution in [0.1, 0.15) is 13.3 Å². The van der Waals surface area contributed by atoms with E-state index in [1.54, 1.807) is 12.1 Å². The van der Waals surface area contributed by atoms with Crippen LogP contribution in [0.25, 0.3) is 0 Å². The van der Waals surface area contributed by atoms with E-state index in [0.717, 1.165) is 11.3 Å². The van der Waals surface area contributed by atoms with Gasteiger partial charge in [-0.1, -0.05) is 37.3 Å². The third-order valence-electron chi connectivity index (χ3n) is 3.63. The van der Waals surface area contributed by atoms with Crippen LogP contribution in [-0.4, -0.2) is 38.5 Å². The zero-order valence-electron chi connectivity index (χ0n) is 15.2. The number of carbonyl (C=O) groups is 2. The topological polar surface area (TPSA) is 71.9 Å². The first-order valence-electron chi connectivity index (χ1n) is 8.78. The minimum atomic E-state index is -0.171. The van der Waals surface area contributed by atoms with Crippen LogP contribution in [0.3, 0.4) is 0 Å². The third kappa shape index (κ3) is 6.57. The van der Waals surface area contributed by atoms with Gasteiger partial charge in [-0.3, -0.25) is 9.59 Å². The fourth-order valence-corrected chi connectivity index (χ4v) is 2.41. The molecule has 0 aliphatic carbocycles. The normalized spacial score (nSPS) is 11.5. The SMILES string of the molecule is CCCNC(=O)C[NH+](C)CC(=O)Nc1ccccc1Oc1ccccc1. The monoisotopic (exact) mass is 356 g/mol. The van der Waals surface area contributed by atoms with E-state index in [2.05, 4.69) is 10.6 Å². The van der Waals surface area contributed by atoms with Crippen molar-refractivity contribution in [2.24, 2.45) is 0 Å². The average molecular weight is 356 g/mol. The fraction of sp³-hybridized carbons (Fsp3) is 0.300. The Bertz CT molecular complexity index is 719. The minimum Gasteiger partial charge on any atom is -0.455 e. The average Bonchev–Trinajstić information content (AvgIpc) is 2.62. The van der Waals surface area contributed by atoms with Crippen LogP contribution in [-0.2, 0) is 9.59 Å². The maximum atomic E-state index is 12.3. The van der Waals surface area contributed by atoms with Gasteiger partial charge in [0.2, 0.25) is 0 Å². The number of quaternary nitrogens is 1. The van der Waals surface area contributed by atoms with Gasteiger partial charge in [0, 0.05) is 6.54 Å². The van der Waals surface area contributed by atoms with Crippen molar-refractivity contribution in [1.82, 2.24) is 5.32 Å². The lowest BCUT2D eigenvalue weighted by Crippen LogP contribution is -3.11. The summed E-state index contributed by atoms with van der Waals surface area (Å²) < 4.78 is 5.84. The number of ether oxygens (including phenoxy) is 1. The molecule has 2 rings (SSSR count). The third-order valence-corrected chi connectivity index (χ3v) is 3.63. The number of para-hydroxylation sites is 3. The molecule has 0 aromatic heterocycles. The summed E-state index contributed by atoms with van der Waals surface area (Å²) in [5.74, 6) is 1.05. The summed E-state index contributed by atoms with van der Waals surface area (Å²) in [7, 11) is 1.82. The van der Waals surface area contributed by atoms with Crippen molar-refractivity contribution in [2.45, 2.75) is 13.3 Å². The molecule has 0 saturated heterocycles. The van der Waals surface area contributed by atoms with Gasteiger partial charge in [0.15, 0.2) is 18.8 Å². The van der Waals surface area contributed by atoms with Gasteiger partial charge in [-0.05, 0) is 30.7 Å². The number of nitrogens with one attached hydrogen (secondary N) is 3. The Labute approximate surface area is 154 Å². The predicted octanol–water partition coefficient (Wildman–Crippen LogP) is 1.46. The highest BCUT2D eigenvalue weighted by atomic mass is 16.5. The van der Waals surface area contributed by atoms with Gasteiger partial charge >= 0.3 is 0 Å². The van der Waals surface area contributed by atoms with Crippen molar-refractivity contribution in [2.75, 3.05) is 32.0 Å². The van der Waals surface area contributed by atoms with Crippen LogP contribution < -0.4 is 20.3 Å². The summed E-state index contributed by atoms with van der Waals surface area (Å²) in [4.78, 5) is 24.8. The maximum Gasteiger partial charge on any atom is 0.279 e. The first-order valence-corrected chi connectivity index (χ1v) is 8.78. The molecular formula is C20H26N3O3+. The number of hydrogen-bond donors (Lipinski definition) is 3.